The number of aryl methyl sites for hydroxylation is 2. The van der Waals surface area contributed by atoms with Crippen LogP contribution in [0.2, 0.25) is 0 Å². The average molecular weight is 316 g/mol. The topological polar surface area (TPSA) is 68.6 Å². The van der Waals surface area contributed by atoms with Crippen molar-refractivity contribution >= 4 is 15.8 Å². The zero-order valence-electron chi connectivity index (χ0n) is 12.2. The Bertz CT molecular complexity index is 812. The summed E-state index contributed by atoms with van der Waals surface area (Å²) >= 11 is 0. The van der Waals surface area contributed by atoms with Crippen LogP contribution in [-0.2, 0) is 20.8 Å². The average Bonchev–Trinajstić information content (AvgIpc) is 2.53. The lowest BCUT2D eigenvalue weighted by atomic mass is 9.92. The maximum Gasteiger partial charge on any atom is 0.358 e. The Balaban J connectivity index is 1.87. The Morgan fingerprint density at radius 2 is 1.91 bits per heavy atom. The molecule has 0 saturated heterocycles. The maximum absolute atomic E-state index is 12.2. The monoisotopic (exact) mass is 316 g/mol. The van der Waals surface area contributed by atoms with Crippen molar-refractivity contribution in [3.8, 4) is 0 Å². The van der Waals surface area contributed by atoms with Crippen LogP contribution in [0.1, 0.15) is 29.5 Å². The van der Waals surface area contributed by atoms with Crippen molar-refractivity contribution in [2.75, 3.05) is 0 Å². The van der Waals surface area contributed by atoms with Gasteiger partial charge in [0.2, 0.25) is 0 Å². The number of fused-ring (bicyclic) bond motifs is 1. The van der Waals surface area contributed by atoms with Gasteiger partial charge in [0.05, 0.1) is 5.71 Å². The number of pyridine rings is 1. The lowest BCUT2D eigenvalue weighted by Crippen LogP contribution is -2.14. The van der Waals surface area contributed by atoms with Crippen molar-refractivity contribution in [3.05, 3.63) is 59.4 Å². The molecule has 0 N–H and O–H groups in total. The van der Waals surface area contributed by atoms with Gasteiger partial charge in [-0.1, -0.05) is 22.9 Å². The van der Waals surface area contributed by atoms with E-state index in [-0.39, 0.29) is 4.90 Å². The van der Waals surface area contributed by atoms with Gasteiger partial charge in [-0.2, -0.15) is 8.42 Å². The number of oxime groups is 1. The van der Waals surface area contributed by atoms with Gasteiger partial charge in [0.1, 0.15) is 4.90 Å². The van der Waals surface area contributed by atoms with Crippen LogP contribution in [-0.4, -0.2) is 19.1 Å². The van der Waals surface area contributed by atoms with Gasteiger partial charge in [-0.25, -0.2) is 0 Å². The number of aromatic nitrogens is 1. The van der Waals surface area contributed by atoms with Crippen LogP contribution < -0.4 is 0 Å². The van der Waals surface area contributed by atoms with Crippen molar-refractivity contribution in [2.45, 2.75) is 31.1 Å². The van der Waals surface area contributed by atoms with Crippen molar-refractivity contribution in [1.82, 2.24) is 4.98 Å². The predicted molar refractivity (Wildman–Crippen MR) is 83.2 cm³/mol. The molecular weight excluding hydrogens is 300 g/mol. The van der Waals surface area contributed by atoms with Gasteiger partial charge < -0.3 is 0 Å². The van der Waals surface area contributed by atoms with Gasteiger partial charge in [0.15, 0.2) is 0 Å². The SMILES string of the molecule is Cc1ccc(S(=O)(=O)O/N=C2/CCCc3ccncc32)cc1. The van der Waals surface area contributed by atoms with E-state index >= 15 is 0 Å². The Morgan fingerprint density at radius 1 is 1.14 bits per heavy atom. The molecule has 0 spiro atoms. The Hall–Kier alpha value is -2.21. The Kier molecular flexibility index (Phi) is 3.94. The molecular formula is C16H16N2O3S. The fourth-order valence-electron chi connectivity index (χ4n) is 2.42. The van der Waals surface area contributed by atoms with E-state index < -0.39 is 10.1 Å². The first-order valence-electron chi connectivity index (χ1n) is 7.07. The highest BCUT2D eigenvalue weighted by Crippen LogP contribution is 2.22. The summed E-state index contributed by atoms with van der Waals surface area (Å²) in [6.07, 6.45) is 5.98. The molecule has 0 unspecified atom stereocenters. The number of nitrogens with zero attached hydrogens (tertiary/aromatic N) is 2. The normalized spacial score (nSPS) is 16.3. The van der Waals surface area contributed by atoms with Crippen LogP contribution in [0.15, 0.2) is 52.8 Å². The second kappa shape index (κ2) is 5.88. The molecule has 1 aliphatic rings. The zero-order valence-corrected chi connectivity index (χ0v) is 13.0. The molecule has 3 rings (SSSR count). The number of hydrogen-bond acceptors (Lipinski definition) is 5. The van der Waals surface area contributed by atoms with Crippen LogP contribution in [0.5, 0.6) is 0 Å². The first-order valence-corrected chi connectivity index (χ1v) is 8.47. The van der Waals surface area contributed by atoms with E-state index in [1.165, 1.54) is 12.1 Å². The summed E-state index contributed by atoms with van der Waals surface area (Å²) < 4.78 is 29.2. The van der Waals surface area contributed by atoms with E-state index in [4.69, 9.17) is 4.28 Å². The molecule has 0 amide bonds. The van der Waals surface area contributed by atoms with E-state index in [0.717, 1.165) is 29.5 Å². The number of benzene rings is 1. The zero-order chi connectivity index (χ0) is 15.6. The first kappa shape index (κ1) is 14.7. The Morgan fingerprint density at radius 3 is 2.68 bits per heavy atom. The summed E-state index contributed by atoms with van der Waals surface area (Å²) in [7, 11) is -3.89. The summed E-state index contributed by atoms with van der Waals surface area (Å²) in [5.41, 5.74) is 3.60. The summed E-state index contributed by atoms with van der Waals surface area (Å²) in [6.45, 7) is 1.89. The largest absolute Gasteiger partial charge is 0.358 e. The van der Waals surface area contributed by atoms with E-state index in [1.54, 1.807) is 24.5 Å². The molecule has 2 aromatic rings. The molecule has 1 aromatic carbocycles. The third-order valence-electron chi connectivity index (χ3n) is 3.64. The van der Waals surface area contributed by atoms with E-state index in [9.17, 15) is 8.42 Å². The molecule has 1 aliphatic carbocycles. The van der Waals surface area contributed by atoms with Gasteiger partial charge >= 0.3 is 10.1 Å². The van der Waals surface area contributed by atoms with Crippen molar-refractivity contribution in [2.24, 2.45) is 5.16 Å². The minimum absolute atomic E-state index is 0.102. The van der Waals surface area contributed by atoms with Crippen LogP contribution >= 0.6 is 0 Å². The van der Waals surface area contributed by atoms with Gasteiger partial charge in [0.25, 0.3) is 0 Å². The van der Waals surface area contributed by atoms with E-state index in [0.29, 0.717) is 12.1 Å². The van der Waals surface area contributed by atoms with Crippen molar-refractivity contribution in [1.29, 1.82) is 0 Å². The highest BCUT2D eigenvalue weighted by atomic mass is 32.2. The molecule has 6 heteroatoms. The second-order valence-electron chi connectivity index (χ2n) is 5.27. The molecule has 1 heterocycles. The standard InChI is InChI=1S/C16H16N2O3S/c1-12-5-7-14(8-6-12)22(19,20)21-18-16-4-2-3-13-9-10-17-11-15(13)16/h5-11H,2-4H2,1H3/b18-16-. The van der Waals surface area contributed by atoms with Crippen LogP contribution in [0.25, 0.3) is 0 Å². The molecule has 0 fully saturated rings. The third-order valence-corrected chi connectivity index (χ3v) is 4.76. The second-order valence-corrected chi connectivity index (χ2v) is 6.79. The lowest BCUT2D eigenvalue weighted by molar-refractivity contribution is 0.337. The van der Waals surface area contributed by atoms with Crippen molar-refractivity contribution in [3.63, 3.8) is 0 Å². The van der Waals surface area contributed by atoms with E-state index in [2.05, 4.69) is 10.1 Å². The molecule has 0 saturated carbocycles. The molecule has 0 aliphatic heterocycles. The van der Waals surface area contributed by atoms with Crippen LogP contribution in [0, 0.1) is 6.92 Å². The molecule has 5 nitrogen and oxygen atoms in total. The molecule has 1 aromatic heterocycles. The van der Waals surface area contributed by atoms with Crippen LogP contribution in [0.4, 0.5) is 0 Å². The summed E-state index contributed by atoms with van der Waals surface area (Å²) in [4.78, 5) is 4.18. The number of hydrogen-bond donors (Lipinski definition) is 0. The predicted octanol–water partition coefficient (Wildman–Crippen LogP) is 2.84. The molecule has 22 heavy (non-hydrogen) atoms. The minimum Gasteiger partial charge on any atom is -0.264 e. The molecule has 0 bridgehead atoms. The fraction of sp³-hybridized carbons (Fsp3) is 0.250. The van der Waals surface area contributed by atoms with Crippen LogP contribution in [0.3, 0.4) is 0 Å². The first-order chi connectivity index (χ1) is 10.6. The fourth-order valence-corrected chi connectivity index (χ4v) is 3.16. The molecule has 0 atom stereocenters. The minimum atomic E-state index is -3.89. The quantitative estimate of drug-likeness (QED) is 0.817. The summed E-state index contributed by atoms with van der Waals surface area (Å²) in [5.74, 6) is 0. The van der Waals surface area contributed by atoms with Gasteiger partial charge in [-0.3, -0.25) is 9.27 Å². The maximum atomic E-state index is 12.2. The van der Waals surface area contributed by atoms with E-state index in [1.807, 2.05) is 13.0 Å². The van der Waals surface area contributed by atoms with Crippen molar-refractivity contribution < 1.29 is 12.7 Å². The number of rotatable bonds is 3. The Labute approximate surface area is 129 Å². The highest BCUT2D eigenvalue weighted by molar-refractivity contribution is 7.86. The van der Waals surface area contributed by atoms with Gasteiger partial charge in [-0.15, -0.1) is 0 Å². The van der Waals surface area contributed by atoms with Gasteiger partial charge in [0, 0.05) is 18.0 Å². The summed E-state index contributed by atoms with van der Waals surface area (Å²) in [5, 5.41) is 3.88. The smallest absolute Gasteiger partial charge is 0.264 e. The highest BCUT2D eigenvalue weighted by Gasteiger charge is 2.19. The lowest BCUT2D eigenvalue weighted by Gasteiger charge is -2.16. The molecule has 114 valence electrons. The third kappa shape index (κ3) is 3.01. The van der Waals surface area contributed by atoms with Gasteiger partial charge in [-0.05, 0) is 49.9 Å². The summed E-state index contributed by atoms with van der Waals surface area (Å²) in [6, 6.07) is 8.41. The molecule has 0 radical (unpaired) electrons.